The number of carbonyl (C=O) groups is 1. The fourth-order valence-electron chi connectivity index (χ4n) is 3.15. The molecule has 2 heterocycles. The van der Waals surface area contributed by atoms with Crippen LogP contribution in [0.5, 0.6) is 0 Å². The van der Waals surface area contributed by atoms with Crippen molar-refractivity contribution in [3.05, 3.63) is 52.7 Å². The SMILES string of the molecule is Cc1cc(-c2cccc(CN3CCOCC3)c2)nc(C)c1C(=O)O. The van der Waals surface area contributed by atoms with Crippen molar-refractivity contribution in [3.63, 3.8) is 0 Å². The number of rotatable bonds is 4. The molecule has 0 atom stereocenters. The van der Waals surface area contributed by atoms with Crippen molar-refractivity contribution in [3.8, 4) is 11.3 Å². The Bertz CT molecular complexity index is 729. The summed E-state index contributed by atoms with van der Waals surface area (Å²) in [6.45, 7) is 7.94. The number of morpholine rings is 1. The Hall–Kier alpha value is -2.24. The van der Waals surface area contributed by atoms with Gasteiger partial charge in [0, 0.05) is 25.2 Å². The van der Waals surface area contributed by atoms with Gasteiger partial charge >= 0.3 is 5.97 Å². The molecule has 1 aliphatic heterocycles. The number of ether oxygens (including phenoxy) is 1. The van der Waals surface area contributed by atoms with Gasteiger partial charge in [0.2, 0.25) is 0 Å². The third kappa shape index (κ3) is 3.63. The summed E-state index contributed by atoms with van der Waals surface area (Å²) >= 11 is 0. The van der Waals surface area contributed by atoms with Gasteiger partial charge in [0.15, 0.2) is 0 Å². The van der Waals surface area contributed by atoms with Gasteiger partial charge < -0.3 is 9.84 Å². The van der Waals surface area contributed by atoms with Crippen LogP contribution in [-0.4, -0.2) is 47.3 Å². The number of aromatic nitrogens is 1. The molecule has 1 aromatic carbocycles. The molecule has 1 N–H and O–H groups in total. The number of carboxylic acids is 1. The molecule has 0 amide bonds. The minimum atomic E-state index is -0.926. The molecule has 1 saturated heterocycles. The number of aryl methyl sites for hydroxylation is 2. The maximum atomic E-state index is 11.3. The minimum absolute atomic E-state index is 0.295. The first-order chi connectivity index (χ1) is 11.5. The highest BCUT2D eigenvalue weighted by Gasteiger charge is 2.15. The van der Waals surface area contributed by atoms with E-state index in [1.54, 1.807) is 6.92 Å². The van der Waals surface area contributed by atoms with Gasteiger partial charge in [0.25, 0.3) is 0 Å². The van der Waals surface area contributed by atoms with E-state index in [1.165, 1.54) is 5.56 Å². The van der Waals surface area contributed by atoms with E-state index in [-0.39, 0.29) is 0 Å². The van der Waals surface area contributed by atoms with E-state index >= 15 is 0 Å². The van der Waals surface area contributed by atoms with E-state index < -0.39 is 5.97 Å². The molecular formula is C19H22N2O3. The molecule has 1 aromatic heterocycles. The molecule has 1 fully saturated rings. The average molecular weight is 326 g/mol. The second kappa shape index (κ2) is 7.11. The summed E-state index contributed by atoms with van der Waals surface area (Å²) in [7, 11) is 0. The lowest BCUT2D eigenvalue weighted by atomic mass is 10.0. The summed E-state index contributed by atoms with van der Waals surface area (Å²) in [4.78, 5) is 18.2. The maximum Gasteiger partial charge on any atom is 0.337 e. The van der Waals surface area contributed by atoms with E-state index in [0.29, 0.717) is 11.3 Å². The zero-order valence-electron chi connectivity index (χ0n) is 14.1. The summed E-state index contributed by atoms with van der Waals surface area (Å²) in [6.07, 6.45) is 0. The molecule has 24 heavy (non-hydrogen) atoms. The van der Waals surface area contributed by atoms with Gasteiger partial charge in [-0.25, -0.2) is 4.79 Å². The van der Waals surface area contributed by atoms with Crippen LogP contribution in [0.2, 0.25) is 0 Å². The quantitative estimate of drug-likeness (QED) is 0.936. The van der Waals surface area contributed by atoms with Crippen molar-refractivity contribution in [2.45, 2.75) is 20.4 Å². The van der Waals surface area contributed by atoms with Gasteiger partial charge in [-0.2, -0.15) is 0 Å². The number of hydrogen-bond acceptors (Lipinski definition) is 4. The highest BCUT2D eigenvalue weighted by atomic mass is 16.5. The van der Waals surface area contributed by atoms with Gasteiger partial charge in [0.1, 0.15) is 0 Å². The second-order valence-corrected chi connectivity index (χ2v) is 6.18. The molecule has 0 unspecified atom stereocenters. The Morgan fingerprint density at radius 3 is 2.67 bits per heavy atom. The van der Waals surface area contributed by atoms with Crippen molar-refractivity contribution in [2.75, 3.05) is 26.3 Å². The van der Waals surface area contributed by atoms with E-state index in [2.05, 4.69) is 22.0 Å². The standard InChI is InChI=1S/C19H22N2O3/c1-13-10-17(20-14(2)18(13)19(22)23)16-5-3-4-15(11-16)12-21-6-8-24-9-7-21/h3-5,10-11H,6-9,12H2,1-2H3,(H,22,23). The van der Waals surface area contributed by atoms with Gasteiger partial charge in [0.05, 0.1) is 30.2 Å². The Morgan fingerprint density at radius 1 is 1.25 bits per heavy atom. The first-order valence-corrected chi connectivity index (χ1v) is 8.15. The topological polar surface area (TPSA) is 62.7 Å². The van der Waals surface area contributed by atoms with E-state index in [9.17, 15) is 9.90 Å². The zero-order chi connectivity index (χ0) is 17.1. The second-order valence-electron chi connectivity index (χ2n) is 6.18. The van der Waals surface area contributed by atoms with Crippen LogP contribution in [0, 0.1) is 13.8 Å². The summed E-state index contributed by atoms with van der Waals surface area (Å²) in [5.74, 6) is -0.926. The minimum Gasteiger partial charge on any atom is -0.478 e. The third-order valence-corrected chi connectivity index (χ3v) is 4.34. The highest BCUT2D eigenvalue weighted by molar-refractivity contribution is 5.91. The Morgan fingerprint density at radius 2 is 2.00 bits per heavy atom. The predicted molar refractivity (Wildman–Crippen MR) is 92.2 cm³/mol. The molecule has 0 aliphatic carbocycles. The van der Waals surface area contributed by atoms with Crippen LogP contribution in [0.25, 0.3) is 11.3 Å². The Kier molecular flexibility index (Phi) is 4.92. The smallest absolute Gasteiger partial charge is 0.337 e. The zero-order valence-corrected chi connectivity index (χ0v) is 14.1. The summed E-state index contributed by atoms with van der Waals surface area (Å²) in [6, 6.07) is 10.2. The highest BCUT2D eigenvalue weighted by Crippen LogP contribution is 2.23. The fourth-order valence-corrected chi connectivity index (χ4v) is 3.15. The van der Waals surface area contributed by atoms with Crippen molar-refractivity contribution in [1.82, 2.24) is 9.88 Å². The first kappa shape index (κ1) is 16.6. The number of aromatic carboxylic acids is 1. The van der Waals surface area contributed by atoms with E-state index in [1.807, 2.05) is 25.1 Å². The molecule has 126 valence electrons. The van der Waals surface area contributed by atoms with Crippen molar-refractivity contribution < 1.29 is 14.6 Å². The molecular weight excluding hydrogens is 304 g/mol. The molecule has 0 spiro atoms. The number of pyridine rings is 1. The lowest BCUT2D eigenvalue weighted by Gasteiger charge is -2.26. The van der Waals surface area contributed by atoms with Crippen molar-refractivity contribution in [1.29, 1.82) is 0 Å². The van der Waals surface area contributed by atoms with Crippen LogP contribution in [-0.2, 0) is 11.3 Å². The molecule has 1 aliphatic rings. The summed E-state index contributed by atoms with van der Waals surface area (Å²) < 4.78 is 5.39. The first-order valence-electron chi connectivity index (χ1n) is 8.15. The number of hydrogen-bond donors (Lipinski definition) is 1. The van der Waals surface area contributed by atoms with Crippen LogP contribution in [0.15, 0.2) is 30.3 Å². The fraction of sp³-hybridized carbons (Fsp3) is 0.368. The molecule has 0 bridgehead atoms. The van der Waals surface area contributed by atoms with E-state index in [4.69, 9.17) is 4.74 Å². The van der Waals surface area contributed by atoms with Crippen LogP contribution in [0.3, 0.4) is 0 Å². The van der Waals surface area contributed by atoms with Crippen molar-refractivity contribution >= 4 is 5.97 Å². The number of nitrogens with zero attached hydrogens (tertiary/aromatic N) is 2. The summed E-state index contributed by atoms with van der Waals surface area (Å²) in [5, 5.41) is 9.28. The van der Waals surface area contributed by atoms with Gasteiger partial charge in [-0.15, -0.1) is 0 Å². The van der Waals surface area contributed by atoms with Gasteiger partial charge in [-0.1, -0.05) is 18.2 Å². The van der Waals surface area contributed by atoms with Crippen LogP contribution in [0.1, 0.15) is 27.2 Å². The van der Waals surface area contributed by atoms with Crippen LogP contribution >= 0.6 is 0 Å². The van der Waals surface area contributed by atoms with Crippen LogP contribution in [0.4, 0.5) is 0 Å². The molecule has 5 nitrogen and oxygen atoms in total. The molecule has 2 aromatic rings. The monoisotopic (exact) mass is 326 g/mol. The van der Waals surface area contributed by atoms with Gasteiger partial charge in [-0.05, 0) is 37.1 Å². The summed E-state index contributed by atoms with van der Waals surface area (Å²) in [5.41, 5.74) is 4.65. The predicted octanol–water partition coefficient (Wildman–Crippen LogP) is 2.90. The number of carboxylic acid groups (broad SMARTS) is 1. The lowest BCUT2D eigenvalue weighted by Crippen LogP contribution is -2.35. The molecule has 0 saturated carbocycles. The normalized spacial score (nSPS) is 15.4. The average Bonchev–Trinajstić information content (AvgIpc) is 2.55. The van der Waals surface area contributed by atoms with Crippen LogP contribution < -0.4 is 0 Å². The molecule has 5 heteroatoms. The van der Waals surface area contributed by atoms with E-state index in [0.717, 1.165) is 49.7 Å². The maximum absolute atomic E-state index is 11.3. The number of benzene rings is 1. The van der Waals surface area contributed by atoms with Gasteiger partial charge in [-0.3, -0.25) is 9.88 Å². The third-order valence-electron chi connectivity index (χ3n) is 4.34. The van der Waals surface area contributed by atoms with Crippen molar-refractivity contribution in [2.24, 2.45) is 0 Å². The molecule has 0 radical (unpaired) electrons. The Balaban J connectivity index is 1.87. The lowest BCUT2D eigenvalue weighted by molar-refractivity contribution is 0.0342. The Labute approximate surface area is 141 Å². The molecule has 3 rings (SSSR count). The largest absolute Gasteiger partial charge is 0.478 e.